The van der Waals surface area contributed by atoms with E-state index in [9.17, 15) is 4.79 Å². The van der Waals surface area contributed by atoms with E-state index in [-0.39, 0.29) is 0 Å². The van der Waals surface area contributed by atoms with Crippen LogP contribution in [0, 0.1) is 0 Å². The van der Waals surface area contributed by atoms with E-state index in [0.29, 0.717) is 18.4 Å². The molecule has 1 heterocycles. The van der Waals surface area contributed by atoms with Gasteiger partial charge in [-0.25, -0.2) is 0 Å². The summed E-state index contributed by atoms with van der Waals surface area (Å²) in [5.74, 6) is 0.294. The second-order valence-electron chi connectivity index (χ2n) is 5.70. The number of rotatable bonds is 4. The summed E-state index contributed by atoms with van der Waals surface area (Å²) in [5, 5.41) is 0. The number of carbonyl (C=O) groups excluding carboxylic acids is 1. The summed E-state index contributed by atoms with van der Waals surface area (Å²) in [4.78, 5) is 14.6. The van der Waals surface area contributed by atoms with Crippen LogP contribution < -0.4 is 5.73 Å². The number of amides is 1. The third kappa shape index (κ3) is 3.75. The molecule has 3 heteroatoms. The Kier molecular flexibility index (Phi) is 5.45. The average Bonchev–Trinajstić information content (AvgIpc) is 2.71. The van der Waals surface area contributed by atoms with Gasteiger partial charge in [-0.3, -0.25) is 4.79 Å². The van der Waals surface area contributed by atoms with Crippen molar-refractivity contribution in [1.29, 1.82) is 0 Å². The molecule has 20 heavy (non-hydrogen) atoms. The van der Waals surface area contributed by atoms with Crippen molar-refractivity contribution >= 4 is 11.6 Å². The quantitative estimate of drug-likeness (QED) is 0.856. The first-order valence-corrected chi connectivity index (χ1v) is 7.85. The van der Waals surface area contributed by atoms with Crippen LogP contribution in [0.3, 0.4) is 0 Å². The zero-order chi connectivity index (χ0) is 14.4. The molecule has 0 saturated carbocycles. The first kappa shape index (κ1) is 14.9. The molecule has 1 aliphatic rings. The van der Waals surface area contributed by atoms with E-state index < -0.39 is 0 Å². The molecule has 0 aliphatic carbocycles. The molecule has 2 rings (SSSR count). The van der Waals surface area contributed by atoms with Gasteiger partial charge in [0.2, 0.25) is 5.91 Å². The minimum absolute atomic E-state index is 0.294. The number of nitrogen functional groups attached to an aromatic ring is 1. The Morgan fingerprint density at radius 2 is 2.10 bits per heavy atom. The molecule has 1 fully saturated rings. The van der Waals surface area contributed by atoms with Gasteiger partial charge < -0.3 is 10.6 Å². The van der Waals surface area contributed by atoms with E-state index in [0.717, 1.165) is 43.5 Å². The van der Waals surface area contributed by atoms with Crippen LogP contribution in [-0.2, 0) is 11.2 Å². The molecule has 0 aromatic heterocycles. The Morgan fingerprint density at radius 1 is 1.30 bits per heavy atom. The topological polar surface area (TPSA) is 46.3 Å². The summed E-state index contributed by atoms with van der Waals surface area (Å²) in [7, 11) is 0. The Hall–Kier alpha value is -1.51. The van der Waals surface area contributed by atoms with Gasteiger partial charge in [0.05, 0.1) is 0 Å². The van der Waals surface area contributed by atoms with Gasteiger partial charge in [0, 0.05) is 24.7 Å². The van der Waals surface area contributed by atoms with Crippen molar-refractivity contribution in [2.45, 2.75) is 57.9 Å². The summed E-state index contributed by atoms with van der Waals surface area (Å²) >= 11 is 0. The van der Waals surface area contributed by atoms with Crippen molar-refractivity contribution in [2.24, 2.45) is 0 Å². The molecule has 1 amide bonds. The van der Waals surface area contributed by atoms with Gasteiger partial charge in [-0.05, 0) is 37.3 Å². The van der Waals surface area contributed by atoms with Crippen LogP contribution >= 0.6 is 0 Å². The molecule has 1 aromatic rings. The summed E-state index contributed by atoms with van der Waals surface area (Å²) in [6.45, 7) is 3.12. The number of para-hydroxylation sites is 1. The average molecular weight is 274 g/mol. The lowest BCUT2D eigenvalue weighted by Crippen LogP contribution is -2.39. The van der Waals surface area contributed by atoms with Crippen LogP contribution in [0.1, 0.15) is 51.0 Å². The van der Waals surface area contributed by atoms with E-state index in [1.807, 2.05) is 24.3 Å². The van der Waals surface area contributed by atoms with E-state index in [1.165, 1.54) is 12.8 Å². The minimum atomic E-state index is 0.294. The van der Waals surface area contributed by atoms with Crippen molar-refractivity contribution in [3.63, 3.8) is 0 Å². The molecule has 1 aromatic carbocycles. The number of anilines is 1. The Balaban J connectivity index is 1.94. The molecular formula is C17H26N2O. The number of hydrogen-bond donors (Lipinski definition) is 1. The zero-order valence-electron chi connectivity index (χ0n) is 12.5. The predicted molar refractivity (Wildman–Crippen MR) is 83.4 cm³/mol. The molecular weight excluding hydrogens is 248 g/mol. The van der Waals surface area contributed by atoms with Gasteiger partial charge in [-0.15, -0.1) is 0 Å². The molecule has 1 saturated heterocycles. The molecule has 1 atom stereocenters. The number of aryl methyl sites for hydroxylation is 1. The standard InChI is InChI=1S/C17H26N2O/c1-2-15-9-4-3-7-13-19(15)17(20)12-11-14-8-5-6-10-16(14)18/h5-6,8,10,15H,2-4,7,9,11-13,18H2,1H3. The Bertz CT molecular complexity index is 444. The Labute approximate surface area is 122 Å². The van der Waals surface area contributed by atoms with Crippen LogP contribution in [0.25, 0.3) is 0 Å². The van der Waals surface area contributed by atoms with Crippen molar-refractivity contribution in [2.75, 3.05) is 12.3 Å². The molecule has 110 valence electrons. The maximum Gasteiger partial charge on any atom is 0.223 e. The van der Waals surface area contributed by atoms with Crippen molar-refractivity contribution in [3.8, 4) is 0 Å². The maximum absolute atomic E-state index is 12.5. The van der Waals surface area contributed by atoms with E-state index in [1.54, 1.807) is 0 Å². The van der Waals surface area contributed by atoms with Gasteiger partial charge in [0.15, 0.2) is 0 Å². The number of nitrogens with two attached hydrogens (primary N) is 1. The molecule has 0 bridgehead atoms. The lowest BCUT2D eigenvalue weighted by atomic mass is 10.0. The van der Waals surface area contributed by atoms with E-state index >= 15 is 0 Å². The van der Waals surface area contributed by atoms with E-state index in [2.05, 4.69) is 11.8 Å². The normalized spacial score (nSPS) is 19.6. The first-order chi connectivity index (χ1) is 9.72. The van der Waals surface area contributed by atoms with Crippen molar-refractivity contribution in [1.82, 2.24) is 4.90 Å². The summed E-state index contributed by atoms with van der Waals surface area (Å²) in [5.41, 5.74) is 7.82. The second kappa shape index (κ2) is 7.32. The first-order valence-electron chi connectivity index (χ1n) is 7.85. The van der Waals surface area contributed by atoms with E-state index in [4.69, 9.17) is 5.73 Å². The highest BCUT2D eigenvalue weighted by Gasteiger charge is 2.23. The van der Waals surface area contributed by atoms with Crippen LogP contribution in [-0.4, -0.2) is 23.4 Å². The fourth-order valence-electron chi connectivity index (χ4n) is 3.08. The van der Waals surface area contributed by atoms with Gasteiger partial charge >= 0.3 is 0 Å². The van der Waals surface area contributed by atoms with Crippen LogP contribution in [0.2, 0.25) is 0 Å². The molecule has 0 radical (unpaired) electrons. The fraction of sp³-hybridized carbons (Fsp3) is 0.588. The molecule has 1 aliphatic heterocycles. The highest BCUT2D eigenvalue weighted by atomic mass is 16.2. The van der Waals surface area contributed by atoms with Gasteiger partial charge in [0.25, 0.3) is 0 Å². The number of hydrogen-bond acceptors (Lipinski definition) is 2. The Morgan fingerprint density at radius 3 is 2.85 bits per heavy atom. The number of carbonyl (C=O) groups is 1. The van der Waals surface area contributed by atoms with Gasteiger partial charge in [-0.1, -0.05) is 38.0 Å². The monoisotopic (exact) mass is 274 g/mol. The lowest BCUT2D eigenvalue weighted by molar-refractivity contribution is -0.133. The summed E-state index contributed by atoms with van der Waals surface area (Å²) in [6.07, 6.45) is 7.22. The fourth-order valence-corrected chi connectivity index (χ4v) is 3.08. The smallest absolute Gasteiger partial charge is 0.223 e. The largest absolute Gasteiger partial charge is 0.399 e. The van der Waals surface area contributed by atoms with Crippen molar-refractivity contribution in [3.05, 3.63) is 29.8 Å². The van der Waals surface area contributed by atoms with Crippen LogP contribution in [0.4, 0.5) is 5.69 Å². The minimum Gasteiger partial charge on any atom is -0.399 e. The highest BCUT2D eigenvalue weighted by molar-refractivity contribution is 5.77. The lowest BCUT2D eigenvalue weighted by Gasteiger charge is -2.29. The number of nitrogens with zero attached hydrogens (tertiary/aromatic N) is 1. The maximum atomic E-state index is 12.5. The SMILES string of the molecule is CCC1CCCCCN1C(=O)CCc1ccccc1N. The predicted octanol–water partition coefficient (Wildman–Crippen LogP) is 3.38. The second-order valence-corrected chi connectivity index (χ2v) is 5.70. The third-order valence-corrected chi connectivity index (χ3v) is 4.33. The van der Waals surface area contributed by atoms with Crippen molar-refractivity contribution < 1.29 is 4.79 Å². The zero-order valence-corrected chi connectivity index (χ0v) is 12.5. The molecule has 0 spiro atoms. The highest BCUT2D eigenvalue weighted by Crippen LogP contribution is 2.21. The number of benzene rings is 1. The summed E-state index contributed by atoms with van der Waals surface area (Å²) in [6, 6.07) is 8.28. The third-order valence-electron chi connectivity index (χ3n) is 4.33. The molecule has 1 unspecified atom stereocenters. The van der Waals surface area contributed by atoms with Crippen LogP contribution in [0.15, 0.2) is 24.3 Å². The van der Waals surface area contributed by atoms with Gasteiger partial charge in [-0.2, -0.15) is 0 Å². The summed E-state index contributed by atoms with van der Waals surface area (Å²) < 4.78 is 0. The van der Waals surface area contributed by atoms with Crippen LogP contribution in [0.5, 0.6) is 0 Å². The number of likely N-dealkylation sites (tertiary alicyclic amines) is 1. The molecule has 2 N–H and O–H groups in total. The van der Waals surface area contributed by atoms with Gasteiger partial charge in [0.1, 0.15) is 0 Å². The molecule has 3 nitrogen and oxygen atoms in total.